The van der Waals surface area contributed by atoms with Crippen LogP contribution in [0.1, 0.15) is 12.0 Å². The number of thiocarbonyl (C=S) groups is 1. The highest BCUT2D eigenvalue weighted by atomic mass is 32.2. The van der Waals surface area contributed by atoms with E-state index in [-0.39, 0.29) is 0 Å². The molecule has 0 fully saturated rings. The number of hydrogen-bond donors (Lipinski definition) is 1. The van der Waals surface area contributed by atoms with Gasteiger partial charge in [-0.1, -0.05) is 30.0 Å². The zero-order valence-corrected chi connectivity index (χ0v) is 10.5. The molecule has 0 saturated heterocycles. The number of hydrogen-bond acceptors (Lipinski definition) is 4. The molecule has 84 valence electrons. The van der Waals surface area contributed by atoms with Crippen molar-refractivity contribution >= 4 is 28.3 Å². The van der Waals surface area contributed by atoms with Crippen LogP contribution in [0.15, 0.2) is 24.5 Å². The normalized spacial score (nSPS) is 9.44. The van der Waals surface area contributed by atoms with Crippen LogP contribution in [0.5, 0.6) is 0 Å². The summed E-state index contributed by atoms with van der Waals surface area (Å²) in [5, 5.41) is 11.5. The van der Waals surface area contributed by atoms with Gasteiger partial charge in [0.1, 0.15) is 4.32 Å². The molecule has 16 heavy (non-hydrogen) atoms. The Balaban J connectivity index is 2.12. The number of nitrogens with one attached hydrogen (secondary N) is 1. The Bertz CT molecular complexity index is 359. The molecule has 0 unspecified atom stereocenters. The number of nitriles is 1. The molecule has 0 amide bonds. The summed E-state index contributed by atoms with van der Waals surface area (Å²) >= 11 is 6.63. The molecule has 1 rings (SSSR count). The van der Waals surface area contributed by atoms with Gasteiger partial charge in [-0.15, -0.1) is 0 Å². The Morgan fingerprint density at radius 1 is 1.62 bits per heavy atom. The first-order valence-electron chi connectivity index (χ1n) is 4.99. The molecule has 0 spiro atoms. The van der Waals surface area contributed by atoms with Gasteiger partial charge in [-0.05, 0) is 18.1 Å². The van der Waals surface area contributed by atoms with Gasteiger partial charge in [-0.25, -0.2) is 0 Å². The minimum atomic E-state index is 0.537. The van der Waals surface area contributed by atoms with Crippen LogP contribution in [0.4, 0.5) is 0 Å². The number of nitrogens with zero attached hydrogens (tertiary/aromatic N) is 2. The average Bonchev–Trinajstić information content (AvgIpc) is 2.31. The Kier molecular flexibility index (Phi) is 6.54. The molecule has 1 N–H and O–H groups in total. The lowest BCUT2D eigenvalue weighted by Gasteiger charge is -2.06. The third kappa shape index (κ3) is 5.69. The van der Waals surface area contributed by atoms with Crippen LogP contribution in [-0.2, 0) is 6.42 Å². The van der Waals surface area contributed by atoms with Gasteiger partial charge in [-0.2, -0.15) is 5.26 Å². The van der Waals surface area contributed by atoms with Crippen LogP contribution in [0, 0.1) is 11.3 Å². The van der Waals surface area contributed by atoms with E-state index in [1.165, 1.54) is 17.3 Å². The standard InChI is InChI=1S/C11H13N3S2/c12-5-2-8-16-11(15)14-7-4-10-3-1-6-13-9-10/h1,3,6,9H,2,4,7-8H2,(H,14,15). The van der Waals surface area contributed by atoms with Gasteiger partial charge in [0.25, 0.3) is 0 Å². The van der Waals surface area contributed by atoms with Gasteiger partial charge < -0.3 is 5.32 Å². The van der Waals surface area contributed by atoms with Crippen molar-refractivity contribution in [3.8, 4) is 6.07 Å². The number of aromatic nitrogens is 1. The summed E-state index contributed by atoms with van der Waals surface area (Å²) in [6.07, 6.45) is 5.06. The first kappa shape index (κ1) is 12.9. The van der Waals surface area contributed by atoms with E-state index in [4.69, 9.17) is 17.5 Å². The van der Waals surface area contributed by atoms with Crippen LogP contribution in [0.2, 0.25) is 0 Å². The lowest BCUT2D eigenvalue weighted by atomic mass is 10.2. The summed E-state index contributed by atoms with van der Waals surface area (Å²) in [6.45, 7) is 0.810. The number of rotatable bonds is 5. The van der Waals surface area contributed by atoms with Gasteiger partial charge in [-0.3, -0.25) is 4.98 Å². The highest BCUT2D eigenvalue weighted by Crippen LogP contribution is 2.03. The van der Waals surface area contributed by atoms with Gasteiger partial charge in [0.2, 0.25) is 0 Å². The van der Waals surface area contributed by atoms with Crippen molar-refractivity contribution in [2.45, 2.75) is 12.8 Å². The Labute approximate surface area is 105 Å². The summed E-state index contributed by atoms with van der Waals surface area (Å²) in [7, 11) is 0. The van der Waals surface area contributed by atoms with Crippen LogP contribution >= 0.6 is 24.0 Å². The van der Waals surface area contributed by atoms with E-state index in [2.05, 4.69) is 16.4 Å². The van der Waals surface area contributed by atoms with Crippen molar-refractivity contribution in [2.24, 2.45) is 0 Å². The molecule has 1 aromatic heterocycles. The zero-order valence-electron chi connectivity index (χ0n) is 8.85. The summed E-state index contributed by atoms with van der Waals surface area (Å²) in [5.41, 5.74) is 1.19. The Morgan fingerprint density at radius 3 is 3.19 bits per heavy atom. The van der Waals surface area contributed by atoms with Crippen molar-refractivity contribution in [3.05, 3.63) is 30.1 Å². The SMILES string of the molecule is N#CCCSC(=S)NCCc1cccnc1. The van der Waals surface area contributed by atoms with Gasteiger partial charge in [0, 0.05) is 31.1 Å². The maximum absolute atomic E-state index is 8.37. The van der Waals surface area contributed by atoms with Crippen molar-refractivity contribution in [1.29, 1.82) is 5.26 Å². The molecule has 0 aliphatic heterocycles. The van der Waals surface area contributed by atoms with Gasteiger partial charge in [0.15, 0.2) is 0 Å². The molecule has 1 aromatic rings. The Hall–Kier alpha value is -1.12. The minimum absolute atomic E-state index is 0.537. The maximum Gasteiger partial charge on any atom is 0.133 e. The molecule has 0 radical (unpaired) electrons. The second-order valence-electron chi connectivity index (χ2n) is 3.08. The summed E-state index contributed by atoms with van der Waals surface area (Å²) in [5.74, 6) is 0.759. The fraction of sp³-hybridized carbons (Fsp3) is 0.364. The summed E-state index contributed by atoms with van der Waals surface area (Å²) < 4.78 is 0.763. The van der Waals surface area contributed by atoms with E-state index in [0.717, 1.165) is 23.0 Å². The van der Waals surface area contributed by atoms with Crippen molar-refractivity contribution in [1.82, 2.24) is 10.3 Å². The molecule has 0 bridgehead atoms. The van der Waals surface area contributed by atoms with Crippen LogP contribution in [-0.4, -0.2) is 21.6 Å². The van der Waals surface area contributed by atoms with Crippen LogP contribution in [0.3, 0.4) is 0 Å². The van der Waals surface area contributed by atoms with Crippen molar-refractivity contribution in [2.75, 3.05) is 12.3 Å². The second kappa shape index (κ2) is 8.08. The molecule has 0 aliphatic rings. The lowest BCUT2D eigenvalue weighted by Crippen LogP contribution is -2.21. The second-order valence-corrected chi connectivity index (χ2v) is 4.85. The van der Waals surface area contributed by atoms with Crippen LogP contribution in [0.25, 0.3) is 0 Å². The fourth-order valence-electron chi connectivity index (χ4n) is 1.10. The number of thioether (sulfide) groups is 1. The first-order valence-corrected chi connectivity index (χ1v) is 6.39. The predicted octanol–water partition coefficient (Wildman–Crippen LogP) is 2.15. The van der Waals surface area contributed by atoms with E-state index >= 15 is 0 Å². The highest BCUT2D eigenvalue weighted by Gasteiger charge is 1.97. The third-order valence-corrected chi connectivity index (χ3v) is 3.17. The number of pyridine rings is 1. The molecule has 1 heterocycles. The monoisotopic (exact) mass is 251 g/mol. The fourth-order valence-corrected chi connectivity index (χ4v) is 2.03. The van der Waals surface area contributed by atoms with Gasteiger partial charge >= 0.3 is 0 Å². The van der Waals surface area contributed by atoms with Crippen molar-refractivity contribution < 1.29 is 0 Å². The molecule has 5 heteroatoms. The largest absolute Gasteiger partial charge is 0.371 e. The lowest BCUT2D eigenvalue weighted by molar-refractivity contribution is 0.877. The molecule has 3 nitrogen and oxygen atoms in total. The highest BCUT2D eigenvalue weighted by molar-refractivity contribution is 8.22. The summed E-state index contributed by atoms with van der Waals surface area (Å²) in [6, 6.07) is 6.06. The van der Waals surface area contributed by atoms with Crippen molar-refractivity contribution in [3.63, 3.8) is 0 Å². The van der Waals surface area contributed by atoms with Gasteiger partial charge in [0.05, 0.1) is 6.07 Å². The molecule has 0 aliphatic carbocycles. The first-order chi connectivity index (χ1) is 7.83. The molecule has 0 aromatic carbocycles. The smallest absolute Gasteiger partial charge is 0.133 e. The molecular weight excluding hydrogens is 238 g/mol. The van der Waals surface area contributed by atoms with E-state index < -0.39 is 0 Å². The molecule has 0 atom stereocenters. The predicted molar refractivity (Wildman–Crippen MR) is 71.2 cm³/mol. The van der Waals surface area contributed by atoms with E-state index in [9.17, 15) is 0 Å². The van der Waals surface area contributed by atoms with Crippen LogP contribution < -0.4 is 5.32 Å². The maximum atomic E-state index is 8.37. The average molecular weight is 251 g/mol. The molecule has 0 saturated carbocycles. The molecular formula is C11H13N3S2. The van der Waals surface area contributed by atoms with E-state index in [0.29, 0.717) is 6.42 Å². The Morgan fingerprint density at radius 2 is 2.50 bits per heavy atom. The zero-order chi connectivity index (χ0) is 11.6. The topological polar surface area (TPSA) is 48.7 Å². The van der Waals surface area contributed by atoms with E-state index in [1.54, 1.807) is 6.20 Å². The summed E-state index contributed by atoms with van der Waals surface area (Å²) in [4.78, 5) is 4.04. The quantitative estimate of drug-likeness (QED) is 0.642. The minimum Gasteiger partial charge on any atom is -0.371 e. The van der Waals surface area contributed by atoms with E-state index in [1.807, 2.05) is 18.3 Å². The third-order valence-electron chi connectivity index (χ3n) is 1.85.